The van der Waals surface area contributed by atoms with E-state index in [4.69, 9.17) is 4.74 Å². The van der Waals surface area contributed by atoms with Crippen molar-refractivity contribution in [3.8, 4) is 5.75 Å². The van der Waals surface area contributed by atoms with Gasteiger partial charge in [-0.2, -0.15) is 0 Å². The quantitative estimate of drug-likeness (QED) is 0.719. The number of hydrogen-bond acceptors (Lipinski definition) is 2. The van der Waals surface area contributed by atoms with Gasteiger partial charge < -0.3 is 4.74 Å². The predicted octanol–water partition coefficient (Wildman–Crippen LogP) is 4.83. The van der Waals surface area contributed by atoms with E-state index in [1.165, 1.54) is 10.4 Å². The van der Waals surface area contributed by atoms with Crippen LogP contribution in [-0.2, 0) is 6.42 Å². The van der Waals surface area contributed by atoms with Crippen molar-refractivity contribution in [2.45, 2.75) is 18.2 Å². The molecule has 0 aliphatic rings. The van der Waals surface area contributed by atoms with Crippen molar-refractivity contribution in [3.63, 3.8) is 0 Å². The molecule has 0 fully saturated rings. The number of rotatable bonds is 5. The molecule has 0 spiro atoms. The number of halogens is 1. The molecule has 3 heteroatoms. The molecule has 0 N–H and O–H groups in total. The summed E-state index contributed by atoms with van der Waals surface area (Å²) in [5, 5.41) is 2.12. The van der Waals surface area contributed by atoms with Gasteiger partial charge in [-0.15, -0.1) is 11.3 Å². The molecule has 2 rings (SSSR count). The van der Waals surface area contributed by atoms with E-state index in [1.807, 2.05) is 19.1 Å². The lowest BCUT2D eigenvalue weighted by atomic mass is 10.1. The van der Waals surface area contributed by atoms with E-state index in [0.717, 1.165) is 12.2 Å². The van der Waals surface area contributed by atoms with Gasteiger partial charge >= 0.3 is 0 Å². The van der Waals surface area contributed by atoms with Crippen molar-refractivity contribution >= 4 is 27.3 Å². The fourth-order valence-corrected chi connectivity index (χ4v) is 3.28. The Balaban J connectivity index is 2.01. The molecule has 1 nitrogen and oxygen atoms in total. The van der Waals surface area contributed by atoms with E-state index in [0.29, 0.717) is 11.4 Å². The van der Waals surface area contributed by atoms with Crippen molar-refractivity contribution in [2.75, 3.05) is 6.61 Å². The lowest BCUT2D eigenvalue weighted by Crippen LogP contribution is -1.95. The van der Waals surface area contributed by atoms with Gasteiger partial charge in [0.15, 0.2) is 0 Å². The zero-order valence-corrected chi connectivity index (χ0v) is 12.1. The summed E-state index contributed by atoms with van der Waals surface area (Å²) in [5.74, 6) is 0.937. The first-order valence-electron chi connectivity index (χ1n) is 5.69. The second-order valence-electron chi connectivity index (χ2n) is 3.75. The number of thiophene rings is 1. The third-order valence-corrected chi connectivity index (χ3v) is 4.26. The number of alkyl halides is 1. The van der Waals surface area contributed by atoms with E-state index in [1.54, 1.807) is 11.3 Å². The van der Waals surface area contributed by atoms with Crippen LogP contribution in [0, 0.1) is 0 Å². The van der Waals surface area contributed by atoms with Crippen LogP contribution in [0.5, 0.6) is 5.75 Å². The van der Waals surface area contributed by atoms with Gasteiger partial charge in [0.05, 0.1) is 6.61 Å². The molecule has 0 saturated heterocycles. The fraction of sp³-hybridized carbons (Fsp3) is 0.286. The summed E-state index contributed by atoms with van der Waals surface area (Å²) in [7, 11) is 0. The van der Waals surface area contributed by atoms with Gasteiger partial charge in [-0.3, -0.25) is 0 Å². The van der Waals surface area contributed by atoms with Crippen LogP contribution in [0.15, 0.2) is 41.8 Å². The Labute approximate surface area is 115 Å². The molecular weight excluding hydrogens is 296 g/mol. The summed E-state index contributed by atoms with van der Waals surface area (Å²) in [5.41, 5.74) is 1.29. The lowest BCUT2D eigenvalue weighted by Gasteiger charge is -2.10. The summed E-state index contributed by atoms with van der Waals surface area (Å²) in [4.78, 5) is 1.78. The van der Waals surface area contributed by atoms with Gasteiger partial charge in [0, 0.05) is 9.70 Å². The summed E-state index contributed by atoms with van der Waals surface area (Å²) >= 11 is 5.54. The van der Waals surface area contributed by atoms with Crippen molar-refractivity contribution in [2.24, 2.45) is 0 Å². The van der Waals surface area contributed by atoms with Crippen LogP contribution in [0.4, 0.5) is 0 Å². The van der Waals surface area contributed by atoms with Gasteiger partial charge in [0.2, 0.25) is 0 Å². The van der Waals surface area contributed by atoms with Gasteiger partial charge in [-0.1, -0.05) is 34.1 Å². The van der Waals surface area contributed by atoms with E-state index in [2.05, 4.69) is 45.6 Å². The zero-order chi connectivity index (χ0) is 12.1. The summed E-state index contributed by atoms with van der Waals surface area (Å²) < 4.78 is 5.43. The van der Waals surface area contributed by atoms with Gasteiger partial charge in [-0.05, 0) is 42.5 Å². The molecule has 0 saturated carbocycles. The Morgan fingerprint density at radius 3 is 2.59 bits per heavy atom. The monoisotopic (exact) mass is 310 g/mol. The first kappa shape index (κ1) is 12.7. The molecule has 2 aromatic rings. The fourth-order valence-electron chi connectivity index (χ4n) is 1.66. The Morgan fingerprint density at radius 1 is 1.24 bits per heavy atom. The standard InChI is InChI=1S/C14H15BrOS/c1-2-16-12-7-5-11(6-8-12)14(15)10-13-4-3-9-17-13/h3-9,14H,2,10H2,1H3. The highest BCUT2D eigenvalue weighted by Crippen LogP contribution is 2.29. The van der Waals surface area contributed by atoms with Crippen molar-refractivity contribution in [3.05, 3.63) is 52.2 Å². The maximum atomic E-state index is 5.43. The van der Waals surface area contributed by atoms with Crippen LogP contribution in [0.2, 0.25) is 0 Å². The van der Waals surface area contributed by atoms with Crippen LogP contribution in [0.25, 0.3) is 0 Å². The normalized spacial score (nSPS) is 12.4. The predicted molar refractivity (Wildman–Crippen MR) is 77.3 cm³/mol. The number of hydrogen-bond donors (Lipinski definition) is 0. The number of benzene rings is 1. The van der Waals surface area contributed by atoms with Crippen LogP contribution in [0.3, 0.4) is 0 Å². The SMILES string of the molecule is CCOc1ccc(C(Br)Cc2cccs2)cc1. The molecule has 0 aliphatic carbocycles. The Kier molecular flexibility index (Phi) is 4.63. The molecule has 17 heavy (non-hydrogen) atoms. The van der Waals surface area contributed by atoms with Crippen molar-refractivity contribution in [1.82, 2.24) is 0 Å². The number of ether oxygens (including phenoxy) is 1. The van der Waals surface area contributed by atoms with E-state index in [9.17, 15) is 0 Å². The largest absolute Gasteiger partial charge is 0.494 e. The minimum Gasteiger partial charge on any atom is -0.494 e. The first-order chi connectivity index (χ1) is 8.29. The highest BCUT2D eigenvalue weighted by Gasteiger charge is 2.09. The van der Waals surface area contributed by atoms with Crippen molar-refractivity contribution < 1.29 is 4.74 Å². The van der Waals surface area contributed by atoms with Gasteiger partial charge in [-0.25, -0.2) is 0 Å². The third kappa shape index (κ3) is 3.58. The Morgan fingerprint density at radius 2 is 2.00 bits per heavy atom. The third-order valence-electron chi connectivity index (χ3n) is 2.51. The van der Waals surface area contributed by atoms with Gasteiger partial charge in [0.25, 0.3) is 0 Å². The summed E-state index contributed by atoms with van der Waals surface area (Å²) in [6.07, 6.45) is 1.03. The average Bonchev–Trinajstić information content (AvgIpc) is 2.83. The Bertz CT molecular complexity index is 436. The second kappa shape index (κ2) is 6.22. The maximum Gasteiger partial charge on any atom is 0.119 e. The van der Waals surface area contributed by atoms with Crippen molar-refractivity contribution in [1.29, 1.82) is 0 Å². The zero-order valence-electron chi connectivity index (χ0n) is 9.73. The molecule has 1 unspecified atom stereocenters. The summed E-state index contributed by atoms with van der Waals surface area (Å²) in [6.45, 7) is 2.71. The summed E-state index contributed by atoms with van der Waals surface area (Å²) in [6, 6.07) is 12.6. The molecule has 0 amide bonds. The molecule has 1 aromatic carbocycles. The highest BCUT2D eigenvalue weighted by molar-refractivity contribution is 9.09. The smallest absolute Gasteiger partial charge is 0.119 e. The molecule has 0 aliphatic heterocycles. The average molecular weight is 311 g/mol. The molecule has 0 bridgehead atoms. The topological polar surface area (TPSA) is 9.23 Å². The second-order valence-corrected chi connectivity index (χ2v) is 5.89. The first-order valence-corrected chi connectivity index (χ1v) is 7.48. The minimum absolute atomic E-state index is 0.372. The Hall–Kier alpha value is -0.800. The van der Waals surface area contributed by atoms with Crippen LogP contribution >= 0.6 is 27.3 Å². The highest BCUT2D eigenvalue weighted by atomic mass is 79.9. The minimum atomic E-state index is 0.372. The van der Waals surface area contributed by atoms with E-state index < -0.39 is 0 Å². The lowest BCUT2D eigenvalue weighted by molar-refractivity contribution is 0.340. The molecule has 1 heterocycles. The van der Waals surface area contributed by atoms with E-state index >= 15 is 0 Å². The maximum absolute atomic E-state index is 5.43. The molecule has 1 aromatic heterocycles. The van der Waals surface area contributed by atoms with E-state index in [-0.39, 0.29) is 0 Å². The molecular formula is C14H15BrOS. The van der Waals surface area contributed by atoms with Gasteiger partial charge in [0.1, 0.15) is 5.75 Å². The molecule has 1 atom stereocenters. The molecule has 90 valence electrons. The van der Waals surface area contributed by atoms with Crippen LogP contribution < -0.4 is 4.74 Å². The van der Waals surface area contributed by atoms with Crippen LogP contribution in [0.1, 0.15) is 22.2 Å². The van der Waals surface area contributed by atoms with Crippen LogP contribution in [-0.4, -0.2) is 6.61 Å². The molecule has 0 radical (unpaired) electrons.